The van der Waals surface area contributed by atoms with E-state index in [1.165, 1.54) is 13.0 Å². The van der Waals surface area contributed by atoms with Gasteiger partial charge in [-0.1, -0.05) is 91.0 Å². The smallest absolute Gasteiger partial charge is 0.355 e. The number of amides is 2. The molecule has 0 radical (unpaired) electrons. The summed E-state index contributed by atoms with van der Waals surface area (Å²) in [5.74, 6) is -1.67. The summed E-state index contributed by atoms with van der Waals surface area (Å²) in [7, 11) is 0. The lowest BCUT2D eigenvalue weighted by Crippen LogP contribution is -2.34. The average molecular weight is 428 g/mol. The molecule has 0 aliphatic carbocycles. The number of benzene rings is 3. The zero-order valence-corrected chi connectivity index (χ0v) is 17.7. The summed E-state index contributed by atoms with van der Waals surface area (Å²) in [5, 5.41) is 5.37. The summed E-state index contributed by atoms with van der Waals surface area (Å²) >= 11 is 0. The van der Waals surface area contributed by atoms with E-state index in [1.54, 1.807) is 12.1 Å². The Hall–Kier alpha value is -4.19. The molecule has 3 aromatic carbocycles. The third kappa shape index (κ3) is 6.67. The Kier molecular flexibility index (Phi) is 7.92. The zero-order chi connectivity index (χ0) is 22.8. The van der Waals surface area contributed by atoms with Gasteiger partial charge in [0.2, 0.25) is 5.91 Å². The third-order valence-electron chi connectivity index (χ3n) is 4.55. The van der Waals surface area contributed by atoms with E-state index in [0.717, 1.165) is 11.1 Å². The molecule has 0 aliphatic rings. The van der Waals surface area contributed by atoms with Gasteiger partial charge in [0.15, 0.2) is 6.61 Å². The Morgan fingerprint density at radius 1 is 0.812 bits per heavy atom. The number of rotatable bonds is 8. The number of esters is 1. The predicted molar refractivity (Wildman–Crippen MR) is 122 cm³/mol. The average Bonchev–Trinajstić information content (AvgIpc) is 2.82. The first-order valence-electron chi connectivity index (χ1n) is 10.1. The molecule has 0 aliphatic heterocycles. The van der Waals surface area contributed by atoms with Crippen molar-refractivity contribution >= 4 is 23.9 Å². The topological polar surface area (TPSA) is 84.5 Å². The quantitative estimate of drug-likeness (QED) is 0.424. The first-order chi connectivity index (χ1) is 15.5. The van der Waals surface area contributed by atoms with E-state index < -0.39 is 30.4 Å². The van der Waals surface area contributed by atoms with Gasteiger partial charge in [0.05, 0.1) is 6.04 Å². The molecule has 0 heterocycles. The van der Waals surface area contributed by atoms with E-state index in [2.05, 4.69) is 10.6 Å². The van der Waals surface area contributed by atoms with Gasteiger partial charge < -0.3 is 15.4 Å². The van der Waals surface area contributed by atoms with E-state index in [-0.39, 0.29) is 5.70 Å². The molecule has 0 saturated heterocycles. The second-order valence-corrected chi connectivity index (χ2v) is 7.05. The summed E-state index contributed by atoms with van der Waals surface area (Å²) in [6.07, 6.45) is 1.50. The largest absolute Gasteiger partial charge is 0.451 e. The Balaban J connectivity index is 1.69. The molecule has 2 N–H and O–H groups in total. The first kappa shape index (κ1) is 22.5. The normalized spacial score (nSPS) is 11.0. The van der Waals surface area contributed by atoms with Gasteiger partial charge in [-0.25, -0.2) is 4.79 Å². The van der Waals surface area contributed by atoms with Crippen LogP contribution >= 0.6 is 0 Å². The molecule has 0 fully saturated rings. The van der Waals surface area contributed by atoms with Crippen molar-refractivity contribution in [2.45, 2.75) is 13.0 Å². The Morgan fingerprint density at radius 2 is 1.31 bits per heavy atom. The zero-order valence-electron chi connectivity index (χ0n) is 17.7. The van der Waals surface area contributed by atoms with Crippen molar-refractivity contribution in [3.63, 3.8) is 0 Å². The third-order valence-corrected chi connectivity index (χ3v) is 4.55. The molecule has 0 unspecified atom stereocenters. The molecule has 0 spiro atoms. The van der Waals surface area contributed by atoms with Crippen LogP contribution in [-0.2, 0) is 19.1 Å². The van der Waals surface area contributed by atoms with Crippen LogP contribution in [0.5, 0.6) is 0 Å². The predicted octanol–water partition coefficient (Wildman–Crippen LogP) is 3.61. The van der Waals surface area contributed by atoms with Crippen molar-refractivity contribution in [1.82, 2.24) is 10.6 Å². The van der Waals surface area contributed by atoms with Crippen LogP contribution < -0.4 is 10.6 Å². The maximum atomic E-state index is 12.6. The molecule has 3 rings (SSSR count). The minimum absolute atomic E-state index is 0.0424. The molecule has 6 nitrogen and oxygen atoms in total. The van der Waals surface area contributed by atoms with Gasteiger partial charge in [-0.15, -0.1) is 0 Å². The van der Waals surface area contributed by atoms with Gasteiger partial charge in [0.25, 0.3) is 5.91 Å². The van der Waals surface area contributed by atoms with Crippen LogP contribution in [0, 0.1) is 0 Å². The fourth-order valence-electron chi connectivity index (χ4n) is 3.11. The highest BCUT2D eigenvalue weighted by Gasteiger charge is 2.19. The van der Waals surface area contributed by atoms with Crippen LogP contribution in [0.3, 0.4) is 0 Å². The van der Waals surface area contributed by atoms with Crippen molar-refractivity contribution in [2.24, 2.45) is 0 Å². The van der Waals surface area contributed by atoms with E-state index >= 15 is 0 Å². The fraction of sp³-hybridized carbons (Fsp3) is 0.115. The van der Waals surface area contributed by atoms with Gasteiger partial charge in [-0.2, -0.15) is 0 Å². The fourth-order valence-corrected chi connectivity index (χ4v) is 3.11. The lowest BCUT2D eigenvalue weighted by molar-refractivity contribution is -0.145. The lowest BCUT2D eigenvalue weighted by atomic mass is 9.99. The minimum atomic E-state index is -0.796. The SMILES string of the molecule is CC(=O)N/C(=C/c1ccccc1)C(=O)OCC(=O)NC(c1ccccc1)c1ccccc1. The van der Waals surface area contributed by atoms with E-state index in [4.69, 9.17) is 4.74 Å². The number of hydrogen-bond donors (Lipinski definition) is 2. The van der Waals surface area contributed by atoms with Crippen LogP contribution in [0.15, 0.2) is 96.7 Å². The monoisotopic (exact) mass is 428 g/mol. The number of carbonyl (C=O) groups excluding carboxylic acids is 3. The van der Waals surface area contributed by atoms with Gasteiger partial charge in [-0.3, -0.25) is 9.59 Å². The highest BCUT2D eigenvalue weighted by Crippen LogP contribution is 2.21. The molecule has 6 heteroatoms. The first-order valence-corrected chi connectivity index (χ1v) is 10.1. The molecule has 0 aromatic heterocycles. The van der Waals surface area contributed by atoms with Crippen molar-refractivity contribution < 1.29 is 19.1 Å². The lowest BCUT2D eigenvalue weighted by Gasteiger charge is -2.20. The van der Waals surface area contributed by atoms with Crippen LogP contribution in [0.2, 0.25) is 0 Å². The number of ether oxygens (including phenoxy) is 1. The molecule has 32 heavy (non-hydrogen) atoms. The van der Waals surface area contributed by atoms with Crippen LogP contribution in [-0.4, -0.2) is 24.4 Å². The van der Waals surface area contributed by atoms with E-state index in [0.29, 0.717) is 5.56 Å². The van der Waals surface area contributed by atoms with Crippen molar-refractivity contribution in [1.29, 1.82) is 0 Å². The minimum Gasteiger partial charge on any atom is -0.451 e. The summed E-state index contributed by atoms with van der Waals surface area (Å²) in [4.78, 5) is 36.6. The van der Waals surface area contributed by atoms with E-state index in [9.17, 15) is 14.4 Å². The number of nitrogens with one attached hydrogen (secondary N) is 2. The van der Waals surface area contributed by atoms with Gasteiger partial charge in [0.1, 0.15) is 5.70 Å². The van der Waals surface area contributed by atoms with Gasteiger partial charge in [0, 0.05) is 6.92 Å². The Labute approximate surface area is 186 Å². The standard InChI is InChI=1S/C26H24N2O4/c1-19(29)27-23(17-20-11-5-2-6-12-20)26(31)32-18-24(30)28-25(21-13-7-3-8-14-21)22-15-9-4-10-16-22/h2-17,25H,18H2,1H3,(H,27,29)(H,28,30)/b23-17+. The Morgan fingerprint density at radius 3 is 1.81 bits per heavy atom. The molecule has 0 saturated carbocycles. The molecule has 162 valence electrons. The van der Waals surface area contributed by atoms with E-state index in [1.807, 2.05) is 78.9 Å². The summed E-state index contributed by atoms with van der Waals surface area (Å²) in [6, 6.07) is 27.7. The number of hydrogen-bond acceptors (Lipinski definition) is 4. The van der Waals surface area contributed by atoms with Crippen molar-refractivity contribution in [3.05, 3.63) is 113 Å². The number of carbonyl (C=O) groups is 3. The summed E-state index contributed by atoms with van der Waals surface area (Å²) < 4.78 is 5.18. The van der Waals surface area contributed by atoms with Gasteiger partial charge >= 0.3 is 5.97 Å². The second-order valence-electron chi connectivity index (χ2n) is 7.05. The summed E-state index contributed by atoms with van der Waals surface area (Å²) in [6.45, 7) is 0.809. The Bertz CT molecular complexity index is 1040. The molecular formula is C26H24N2O4. The molecule has 3 aromatic rings. The molecular weight excluding hydrogens is 404 g/mol. The van der Waals surface area contributed by atoms with Crippen molar-refractivity contribution in [2.75, 3.05) is 6.61 Å². The van der Waals surface area contributed by atoms with Crippen molar-refractivity contribution in [3.8, 4) is 0 Å². The van der Waals surface area contributed by atoms with Crippen LogP contribution in [0.4, 0.5) is 0 Å². The maximum Gasteiger partial charge on any atom is 0.355 e. The van der Waals surface area contributed by atoms with Crippen LogP contribution in [0.1, 0.15) is 29.7 Å². The molecule has 0 bridgehead atoms. The summed E-state index contributed by atoms with van der Waals surface area (Å²) in [5.41, 5.74) is 2.48. The second kappa shape index (κ2) is 11.3. The van der Waals surface area contributed by atoms with Gasteiger partial charge in [-0.05, 0) is 22.8 Å². The van der Waals surface area contributed by atoms with Crippen LogP contribution in [0.25, 0.3) is 6.08 Å². The maximum absolute atomic E-state index is 12.6. The molecule has 0 atom stereocenters. The highest BCUT2D eigenvalue weighted by atomic mass is 16.5. The molecule has 2 amide bonds. The highest BCUT2D eigenvalue weighted by molar-refractivity contribution is 5.98.